The molecule has 2 N–H and O–H groups in total. The van der Waals surface area contributed by atoms with Crippen LogP contribution in [0.3, 0.4) is 0 Å². The van der Waals surface area contributed by atoms with Crippen molar-refractivity contribution in [2.75, 3.05) is 6.54 Å². The summed E-state index contributed by atoms with van der Waals surface area (Å²) in [6, 6.07) is 8.68. The first-order valence-electron chi connectivity index (χ1n) is 7.23. The van der Waals surface area contributed by atoms with Gasteiger partial charge in [0.25, 0.3) is 0 Å². The molecule has 2 atom stereocenters. The van der Waals surface area contributed by atoms with Crippen molar-refractivity contribution < 1.29 is 0 Å². The number of nitrogens with zero attached hydrogens (tertiary/aromatic N) is 1. The number of hydrogen-bond donors (Lipinski definition) is 2. The Hall–Kier alpha value is -0.740. The van der Waals surface area contributed by atoms with E-state index in [4.69, 9.17) is 23.2 Å². The van der Waals surface area contributed by atoms with E-state index in [1.54, 1.807) is 0 Å². The van der Waals surface area contributed by atoms with Gasteiger partial charge in [0.1, 0.15) is 5.16 Å². The van der Waals surface area contributed by atoms with Gasteiger partial charge in [-0.3, -0.25) is 10.2 Å². The van der Waals surface area contributed by atoms with E-state index in [0.717, 1.165) is 13.1 Å². The van der Waals surface area contributed by atoms with E-state index < -0.39 is 0 Å². The molecule has 2 aliphatic rings. The number of rotatable bonds is 2. The molecule has 0 bridgehead atoms. The Kier molecular flexibility index (Phi) is 3.95. The SMILES string of the molecule is Cc1ccc(CN2CC(C)(C)C3=C(Cl)NC(Cl)NC32)cc1. The third kappa shape index (κ3) is 2.93. The Morgan fingerprint density at radius 3 is 2.62 bits per heavy atom. The first-order chi connectivity index (χ1) is 9.87. The molecule has 0 spiro atoms. The van der Waals surface area contributed by atoms with Gasteiger partial charge in [-0.15, -0.1) is 0 Å². The molecule has 3 nitrogen and oxygen atoms in total. The van der Waals surface area contributed by atoms with Crippen LogP contribution in [0.25, 0.3) is 0 Å². The maximum absolute atomic E-state index is 6.40. The summed E-state index contributed by atoms with van der Waals surface area (Å²) in [5, 5.41) is 7.14. The molecule has 2 aliphatic heterocycles. The largest absolute Gasteiger partial charge is 0.348 e. The van der Waals surface area contributed by atoms with Gasteiger partial charge in [-0.05, 0) is 12.5 Å². The molecule has 5 heteroatoms. The lowest BCUT2D eigenvalue weighted by molar-refractivity contribution is 0.202. The fourth-order valence-corrected chi connectivity index (χ4v) is 4.04. The zero-order chi connectivity index (χ0) is 15.2. The van der Waals surface area contributed by atoms with E-state index in [1.165, 1.54) is 16.7 Å². The van der Waals surface area contributed by atoms with Crippen molar-refractivity contribution in [1.29, 1.82) is 0 Å². The number of fused-ring (bicyclic) bond motifs is 1. The lowest BCUT2D eigenvalue weighted by Gasteiger charge is -2.34. The quantitative estimate of drug-likeness (QED) is 0.645. The molecule has 0 aromatic heterocycles. The molecule has 114 valence electrons. The Bertz CT molecular complexity index is 565. The first kappa shape index (κ1) is 15.2. The summed E-state index contributed by atoms with van der Waals surface area (Å²) in [7, 11) is 0. The molecule has 0 radical (unpaired) electrons. The maximum atomic E-state index is 6.40. The van der Waals surface area contributed by atoms with Crippen molar-refractivity contribution in [3.05, 3.63) is 46.1 Å². The van der Waals surface area contributed by atoms with Crippen molar-refractivity contribution in [2.24, 2.45) is 5.41 Å². The van der Waals surface area contributed by atoms with Gasteiger partial charge in [0.05, 0.1) is 6.17 Å². The highest BCUT2D eigenvalue weighted by atomic mass is 35.5. The lowest BCUT2D eigenvalue weighted by Crippen LogP contribution is -2.53. The highest BCUT2D eigenvalue weighted by Crippen LogP contribution is 2.43. The normalized spacial score (nSPS) is 28.4. The third-order valence-corrected chi connectivity index (χ3v) is 4.81. The van der Waals surface area contributed by atoms with Crippen LogP contribution in [0.4, 0.5) is 0 Å². The summed E-state index contributed by atoms with van der Waals surface area (Å²) < 4.78 is 0. The number of hydrogen-bond acceptors (Lipinski definition) is 3. The molecule has 1 aromatic carbocycles. The van der Waals surface area contributed by atoms with Crippen LogP contribution in [0.15, 0.2) is 35.0 Å². The molecular weight excluding hydrogens is 305 g/mol. The summed E-state index contributed by atoms with van der Waals surface area (Å²) in [6.45, 7) is 8.40. The number of likely N-dealkylation sites (tertiary alicyclic amines) is 1. The summed E-state index contributed by atoms with van der Waals surface area (Å²) >= 11 is 12.6. The number of nitrogens with one attached hydrogen (secondary N) is 2. The minimum absolute atomic E-state index is 0.0312. The monoisotopic (exact) mass is 325 g/mol. The van der Waals surface area contributed by atoms with Crippen LogP contribution in [0.5, 0.6) is 0 Å². The van der Waals surface area contributed by atoms with Gasteiger partial charge in [-0.25, -0.2) is 0 Å². The van der Waals surface area contributed by atoms with Gasteiger partial charge in [0, 0.05) is 24.1 Å². The highest BCUT2D eigenvalue weighted by molar-refractivity contribution is 6.30. The van der Waals surface area contributed by atoms with Crippen molar-refractivity contribution in [3.63, 3.8) is 0 Å². The van der Waals surface area contributed by atoms with E-state index in [2.05, 4.69) is 60.6 Å². The van der Waals surface area contributed by atoms with Crippen LogP contribution in [0, 0.1) is 12.3 Å². The molecule has 0 amide bonds. The van der Waals surface area contributed by atoms with Crippen LogP contribution in [-0.2, 0) is 6.54 Å². The van der Waals surface area contributed by atoms with E-state index in [0.29, 0.717) is 5.16 Å². The zero-order valence-corrected chi connectivity index (χ0v) is 14.1. The van der Waals surface area contributed by atoms with Crippen LogP contribution in [0.2, 0.25) is 0 Å². The van der Waals surface area contributed by atoms with Gasteiger partial charge in [-0.1, -0.05) is 66.9 Å². The predicted octanol–water partition coefficient (Wildman–Crippen LogP) is 3.33. The lowest BCUT2D eigenvalue weighted by atomic mass is 9.86. The fraction of sp³-hybridized carbons (Fsp3) is 0.500. The highest BCUT2D eigenvalue weighted by Gasteiger charge is 2.46. The Morgan fingerprint density at radius 2 is 1.95 bits per heavy atom. The van der Waals surface area contributed by atoms with Gasteiger partial charge < -0.3 is 5.32 Å². The van der Waals surface area contributed by atoms with Crippen LogP contribution in [-0.4, -0.2) is 23.2 Å². The van der Waals surface area contributed by atoms with E-state index >= 15 is 0 Å². The molecule has 0 saturated carbocycles. The van der Waals surface area contributed by atoms with Crippen LogP contribution < -0.4 is 10.6 Å². The average Bonchev–Trinajstić information content (AvgIpc) is 2.63. The second-order valence-electron chi connectivity index (χ2n) is 6.58. The third-order valence-electron chi connectivity index (χ3n) is 4.27. The predicted molar refractivity (Wildman–Crippen MR) is 87.9 cm³/mol. The van der Waals surface area contributed by atoms with Crippen LogP contribution >= 0.6 is 23.2 Å². The van der Waals surface area contributed by atoms with Gasteiger partial charge in [-0.2, -0.15) is 0 Å². The van der Waals surface area contributed by atoms with Crippen molar-refractivity contribution in [2.45, 2.75) is 39.1 Å². The Labute approximate surface area is 136 Å². The number of aryl methyl sites for hydroxylation is 1. The minimum atomic E-state index is -0.333. The Balaban J connectivity index is 1.87. The van der Waals surface area contributed by atoms with Gasteiger partial charge in [0.15, 0.2) is 5.62 Å². The Morgan fingerprint density at radius 1 is 1.29 bits per heavy atom. The molecular formula is C16H21Cl2N3. The molecule has 3 rings (SSSR count). The fourth-order valence-electron chi connectivity index (χ4n) is 3.29. The molecule has 1 fully saturated rings. The van der Waals surface area contributed by atoms with E-state index in [1.807, 2.05) is 0 Å². The van der Waals surface area contributed by atoms with E-state index in [-0.39, 0.29) is 17.2 Å². The smallest absolute Gasteiger partial charge is 0.157 e. The summed E-state index contributed by atoms with van der Waals surface area (Å²) in [5.74, 6) is 0. The van der Waals surface area contributed by atoms with E-state index in [9.17, 15) is 0 Å². The van der Waals surface area contributed by atoms with Crippen LogP contribution in [0.1, 0.15) is 25.0 Å². The maximum Gasteiger partial charge on any atom is 0.157 e. The first-order valence-corrected chi connectivity index (χ1v) is 8.05. The van der Waals surface area contributed by atoms with Crippen molar-refractivity contribution in [3.8, 4) is 0 Å². The topological polar surface area (TPSA) is 27.3 Å². The number of alkyl halides is 1. The minimum Gasteiger partial charge on any atom is -0.348 e. The molecule has 0 aliphatic carbocycles. The summed E-state index contributed by atoms with van der Waals surface area (Å²) in [5.41, 5.74) is 3.49. The number of halogens is 2. The summed E-state index contributed by atoms with van der Waals surface area (Å²) in [4.78, 5) is 2.40. The second kappa shape index (κ2) is 5.47. The second-order valence-corrected chi connectivity index (χ2v) is 7.39. The standard InChI is InChI=1S/C16H21Cl2N3/c1-10-4-6-11(7-5-10)8-21-9-16(2,3)12-13(17)19-15(18)20-14(12)21/h4-7,14-15,19-20H,8-9H2,1-3H3. The van der Waals surface area contributed by atoms with Crippen molar-refractivity contribution >= 4 is 23.2 Å². The molecule has 2 heterocycles. The molecule has 21 heavy (non-hydrogen) atoms. The van der Waals surface area contributed by atoms with Gasteiger partial charge >= 0.3 is 0 Å². The van der Waals surface area contributed by atoms with Crippen molar-refractivity contribution in [1.82, 2.24) is 15.5 Å². The van der Waals surface area contributed by atoms with Gasteiger partial charge in [0.2, 0.25) is 0 Å². The summed E-state index contributed by atoms with van der Waals surface area (Å²) in [6.07, 6.45) is 0.0950. The zero-order valence-electron chi connectivity index (χ0n) is 12.6. The molecule has 1 saturated heterocycles. The number of benzene rings is 1. The molecule has 1 aromatic rings. The average molecular weight is 326 g/mol. The molecule has 2 unspecified atom stereocenters.